The molecule has 0 aliphatic carbocycles. The number of halogens is 2. The van der Waals surface area contributed by atoms with Crippen LogP contribution in [0.1, 0.15) is 13.8 Å². The van der Waals surface area contributed by atoms with E-state index in [9.17, 15) is 4.39 Å². The van der Waals surface area contributed by atoms with E-state index in [4.69, 9.17) is 11.6 Å². The third-order valence-corrected chi connectivity index (χ3v) is 4.29. The Morgan fingerprint density at radius 3 is 2.88 bits per heavy atom. The molecular formula is C12H14ClFN2S. The first-order chi connectivity index (χ1) is 8.06. The van der Waals surface area contributed by atoms with E-state index in [1.54, 1.807) is 17.8 Å². The average Bonchev–Trinajstić information content (AvgIpc) is 2.27. The minimum absolute atomic E-state index is 0.304. The molecule has 92 valence electrons. The van der Waals surface area contributed by atoms with Crippen molar-refractivity contribution in [3.8, 4) is 0 Å². The molecule has 0 bridgehead atoms. The SMILES string of the molecule is CC1CSC(Nc2ccc(F)cc2Cl)=NC1C. The van der Waals surface area contributed by atoms with Crippen molar-refractivity contribution in [3.05, 3.63) is 29.0 Å². The van der Waals surface area contributed by atoms with Gasteiger partial charge in [0.2, 0.25) is 0 Å². The smallest absolute Gasteiger partial charge is 0.161 e. The van der Waals surface area contributed by atoms with Crippen molar-refractivity contribution in [1.82, 2.24) is 0 Å². The van der Waals surface area contributed by atoms with Crippen molar-refractivity contribution in [1.29, 1.82) is 0 Å². The maximum Gasteiger partial charge on any atom is 0.161 e. The van der Waals surface area contributed by atoms with Gasteiger partial charge in [-0.3, -0.25) is 4.99 Å². The summed E-state index contributed by atoms with van der Waals surface area (Å²) in [6.45, 7) is 4.28. The monoisotopic (exact) mass is 272 g/mol. The van der Waals surface area contributed by atoms with Gasteiger partial charge in [0.1, 0.15) is 5.82 Å². The largest absolute Gasteiger partial charge is 0.334 e. The van der Waals surface area contributed by atoms with Crippen molar-refractivity contribution in [2.45, 2.75) is 19.9 Å². The Balaban J connectivity index is 2.13. The van der Waals surface area contributed by atoms with Crippen LogP contribution in [0.4, 0.5) is 10.1 Å². The summed E-state index contributed by atoms with van der Waals surface area (Å²) in [7, 11) is 0. The van der Waals surface area contributed by atoms with E-state index in [1.165, 1.54) is 12.1 Å². The maximum absolute atomic E-state index is 12.9. The Labute approximate surface area is 110 Å². The lowest BCUT2D eigenvalue weighted by Crippen LogP contribution is -2.25. The molecule has 2 unspecified atom stereocenters. The van der Waals surface area contributed by atoms with Gasteiger partial charge in [-0.2, -0.15) is 0 Å². The standard InChI is InChI=1S/C12H14ClFN2S/c1-7-6-17-12(15-8(7)2)16-11-4-3-9(14)5-10(11)13/h3-5,7-8H,6H2,1-2H3,(H,15,16). The summed E-state index contributed by atoms with van der Waals surface area (Å²) in [6, 6.07) is 4.61. The summed E-state index contributed by atoms with van der Waals surface area (Å²) in [5, 5.41) is 4.37. The second-order valence-corrected chi connectivity index (χ2v) is 5.63. The summed E-state index contributed by atoms with van der Waals surface area (Å²) in [4.78, 5) is 4.54. The Morgan fingerprint density at radius 1 is 1.47 bits per heavy atom. The van der Waals surface area contributed by atoms with Crippen LogP contribution in [0, 0.1) is 11.7 Å². The molecule has 0 aromatic heterocycles. The zero-order valence-corrected chi connectivity index (χ0v) is 11.3. The summed E-state index contributed by atoms with van der Waals surface area (Å²) >= 11 is 7.62. The van der Waals surface area contributed by atoms with E-state index in [1.807, 2.05) is 0 Å². The average molecular weight is 273 g/mol. The molecular weight excluding hydrogens is 259 g/mol. The Bertz CT molecular complexity index is 450. The molecule has 2 nitrogen and oxygen atoms in total. The van der Waals surface area contributed by atoms with Crippen molar-refractivity contribution < 1.29 is 4.39 Å². The van der Waals surface area contributed by atoms with Crippen LogP contribution in [0.15, 0.2) is 23.2 Å². The molecule has 0 radical (unpaired) electrons. The van der Waals surface area contributed by atoms with Crippen LogP contribution < -0.4 is 5.32 Å². The first-order valence-corrected chi connectivity index (χ1v) is 6.85. The van der Waals surface area contributed by atoms with Crippen molar-refractivity contribution in [3.63, 3.8) is 0 Å². The van der Waals surface area contributed by atoms with E-state index in [-0.39, 0.29) is 5.82 Å². The molecule has 0 amide bonds. The Hall–Kier alpha value is -0.740. The molecule has 0 saturated heterocycles. The molecule has 1 aliphatic rings. The highest BCUT2D eigenvalue weighted by molar-refractivity contribution is 8.14. The summed E-state index contributed by atoms with van der Waals surface area (Å²) in [6.07, 6.45) is 0. The molecule has 17 heavy (non-hydrogen) atoms. The van der Waals surface area contributed by atoms with Gasteiger partial charge in [-0.25, -0.2) is 4.39 Å². The number of amidine groups is 1. The first kappa shape index (κ1) is 12.7. The van der Waals surface area contributed by atoms with Crippen LogP contribution in [0.3, 0.4) is 0 Å². The van der Waals surface area contributed by atoms with Gasteiger partial charge < -0.3 is 5.32 Å². The molecule has 0 fully saturated rings. The first-order valence-electron chi connectivity index (χ1n) is 5.49. The lowest BCUT2D eigenvalue weighted by molar-refractivity contribution is 0.537. The van der Waals surface area contributed by atoms with Crippen molar-refractivity contribution in [2.24, 2.45) is 10.9 Å². The van der Waals surface area contributed by atoms with Gasteiger partial charge in [0, 0.05) is 5.75 Å². The van der Waals surface area contributed by atoms with Crippen LogP contribution in [-0.2, 0) is 0 Å². The molecule has 1 aliphatic heterocycles. The maximum atomic E-state index is 12.9. The van der Waals surface area contributed by atoms with Gasteiger partial charge in [-0.05, 0) is 31.0 Å². The molecule has 1 N–H and O–H groups in total. The van der Waals surface area contributed by atoms with E-state index < -0.39 is 0 Å². The fraction of sp³-hybridized carbons (Fsp3) is 0.417. The van der Waals surface area contributed by atoms with Gasteiger partial charge in [0.05, 0.1) is 16.8 Å². The highest BCUT2D eigenvalue weighted by atomic mass is 35.5. The quantitative estimate of drug-likeness (QED) is 0.835. The van der Waals surface area contributed by atoms with Crippen LogP contribution in [0.2, 0.25) is 5.02 Å². The minimum atomic E-state index is -0.333. The van der Waals surface area contributed by atoms with Crippen LogP contribution in [-0.4, -0.2) is 17.0 Å². The second-order valence-electron chi connectivity index (χ2n) is 4.21. The molecule has 5 heteroatoms. The van der Waals surface area contributed by atoms with E-state index in [0.717, 1.165) is 10.9 Å². The van der Waals surface area contributed by atoms with E-state index in [0.29, 0.717) is 22.7 Å². The third-order valence-electron chi connectivity index (χ3n) is 2.80. The second kappa shape index (κ2) is 5.27. The topological polar surface area (TPSA) is 24.4 Å². The molecule has 0 saturated carbocycles. The molecule has 1 heterocycles. The highest BCUT2D eigenvalue weighted by Crippen LogP contribution is 2.27. The summed E-state index contributed by atoms with van der Waals surface area (Å²) in [5.41, 5.74) is 0.695. The number of aliphatic imine (C=N–C) groups is 1. The number of nitrogens with zero attached hydrogens (tertiary/aromatic N) is 1. The van der Waals surface area contributed by atoms with Crippen LogP contribution >= 0.6 is 23.4 Å². The lowest BCUT2D eigenvalue weighted by atomic mass is 10.1. The Morgan fingerprint density at radius 2 is 2.24 bits per heavy atom. The number of benzene rings is 1. The van der Waals surface area contributed by atoms with Crippen molar-refractivity contribution >= 4 is 34.2 Å². The molecule has 2 rings (SSSR count). The zero-order chi connectivity index (χ0) is 12.4. The van der Waals surface area contributed by atoms with Crippen molar-refractivity contribution in [2.75, 3.05) is 11.1 Å². The van der Waals surface area contributed by atoms with Gasteiger partial charge in [-0.1, -0.05) is 30.3 Å². The van der Waals surface area contributed by atoms with E-state index in [2.05, 4.69) is 24.2 Å². The fourth-order valence-electron chi connectivity index (χ4n) is 1.47. The predicted octanol–water partition coefficient (Wildman–Crippen LogP) is 4.02. The summed E-state index contributed by atoms with van der Waals surface area (Å²) in [5.74, 6) is 1.28. The number of thioether (sulfide) groups is 1. The van der Waals surface area contributed by atoms with Crippen LogP contribution in [0.5, 0.6) is 0 Å². The molecule has 0 spiro atoms. The number of nitrogens with one attached hydrogen (secondary N) is 1. The minimum Gasteiger partial charge on any atom is -0.334 e. The third kappa shape index (κ3) is 3.13. The fourth-order valence-corrected chi connectivity index (χ4v) is 2.81. The van der Waals surface area contributed by atoms with Gasteiger partial charge >= 0.3 is 0 Å². The van der Waals surface area contributed by atoms with Gasteiger partial charge in [0.25, 0.3) is 0 Å². The predicted molar refractivity (Wildman–Crippen MR) is 73.6 cm³/mol. The molecule has 1 aromatic carbocycles. The van der Waals surface area contributed by atoms with Gasteiger partial charge in [-0.15, -0.1) is 0 Å². The van der Waals surface area contributed by atoms with E-state index >= 15 is 0 Å². The normalized spacial score (nSPS) is 24.4. The van der Waals surface area contributed by atoms with Gasteiger partial charge in [0.15, 0.2) is 5.17 Å². The molecule has 1 aromatic rings. The number of hydrogen-bond donors (Lipinski definition) is 1. The number of hydrogen-bond acceptors (Lipinski definition) is 3. The summed E-state index contributed by atoms with van der Waals surface area (Å²) < 4.78 is 12.9. The number of anilines is 1. The Kier molecular flexibility index (Phi) is 3.94. The van der Waals surface area contributed by atoms with Crippen LogP contribution in [0.25, 0.3) is 0 Å². The molecule has 2 atom stereocenters. The lowest BCUT2D eigenvalue weighted by Gasteiger charge is -2.23. The zero-order valence-electron chi connectivity index (χ0n) is 9.71. The number of rotatable bonds is 1. The highest BCUT2D eigenvalue weighted by Gasteiger charge is 2.19.